The van der Waals surface area contributed by atoms with Gasteiger partial charge in [-0.15, -0.1) is 0 Å². The summed E-state index contributed by atoms with van der Waals surface area (Å²) in [5, 5.41) is 3.63. The Bertz CT molecular complexity index is 685. The molecule has 0 radical (unpaired) electrons. The predicted molar refractivity (Wildman–Crippen MR) is 88.3 cm³/mol. The van der Waals surface area contributed by atoms with Crippen molar-refractivity contribution in [1.82, 2.24) is 0 Å². The first-order valence-corrected chi connectivity index (χ1v) is 8.20. The third-order valence-electron chi connectivity index (χ3n) is 6.34. The van der Waals surface area contributed by atoms with Crippen LogP contribution in [0.4, 0.5) is 5.69 Å². The number of hydrogen-bond donors (Lipinski definition) is 1. The number of nitrogens with one attached hydrogen (secondary N) is 1. The molecular formula is C17H19Cl2NO2. The molecule has 1 N–H and O–H groups in total. The van der Waals surface area contributed by atoms with Crippen molar-refractivity contribution in [1.29, 1.82) is 0 Å². The van der Waals surface area contributed by atoms with Gasteiger partial charge in [0.15, 0.2) is 0 Å². The smallest absolute Gasteiger partial charge is 0.231 e. The first kappa shape index (κ1) is 15.8. The lowest BCUT2D eigenvalue weighted by molar-refractivity contribution is -0.131. The molecule has 3 nitrogen and oxygen atoms in total. The largest absolute Gasteiger partial charge is 0.324 e. The van der Waals surface area contributed by atoms with E-state index in [4.69, 9.17) is 23.2 Å². The first-order valence-electron chi connectivity index (χ1n) is 7.44. The SMILES string of the molecule is CC1(C)[C@]2(C(=O)Nc3cccc(Cl)c3Cl)CC[C@]1(C)C(=O)C2. The quantitative estimate of drug-likeness (QED) is 0.847. The molecule has 1 amide bonds. The Labute approximate surface area is 140 Å². The predicted octanol–water partition coefficient (Wildman–Crippen LogP) is 4.72. The Morgan fingerprint density at radius 3 is 2.41 bits per heavy atom. The van der Waals surface area contributed by atoms with Crippen LogP contribution in [0.25, 0.3) is 0 Å². The average Bonchev–Trinajstić information content (AvgIpc) is 2.74. The molecule has 118 valence electrons. The van der Waals surface area contributed by atoms with Gasteiger partial charge in [-0.25, -0.2) is 0 Å². The number of amides is 1. The lowest BCUT2D eigenvalue weighted by Crippen LogP contribution is -2.43. The van der Waals surface area contributed by atoms with Gasteiger partial charge in [0.2, 0.25) is 5.91 Å². The molecule has 0 heterocycles. The average molecular weight is 340 g/mol. The zero-order chi connectivity index (χ0) is 16.3. The van der Waals surface area contributed by atoms with Crippen LogP contribution in [0.1, 0.15) is 40.0 Å². The van der Waals surface area contributed by atoms with Gasteiger partial charge < -0.3 is 5.32 Å². The van der Waals surface area contributed by atoms with Crippen molar-refractivity contribution in [3.05, 3.63) is 28.2 Å². The number of fused-ring (bicyclic) bond motifs is 2. The number of carbonyl (C=O) groups is 2. The van der Waals surface area contributed by atoms with E-state index in [0.717, 1.165) is 12.8 Å². The minimum Gasteiger partial charge on any atom is -0.324 e. The molecule has 2 aliphatic carbocycles. The molecule has 0 aromatic heterocycles. The summed E-state index contributed by atoms with van der Waals surface area (Å²) in [5.41, 5.74) is -0.948. The molecule has 22 heavy (non-hydrogen) atoms. The summed E-state index contributed by atoms with van der Waals surface area (Å²) in [7, 11) is 0. The molecule has 2 bridgehead atoms. The summed E-state index contributed by atoms with van der Waals surface area (Å²) in [6, 6.07) is 5.14. The highest BCUT2D eigenvalue weighted by Crippen LogP contribution is 2.70. The number of Topliss-reactive ketones (excluding diaryl/α,β-unsaturated/α-hetero) is 1. The number of halogens is 2. The summed E-state index contributed by atoms with van der Waals surface area (Å²) in [6.07, 6.45) is 1.79. The van der Waals surface area contributed by atoms with Crippen LogP contribution in [0.3, 0.4) is 0 Å². The van der Waals surface area contributed by atoms with Crippen molar-refractivity contribution >= 4 is 40.6 Å². The molecule has 2 aliphatic rings. The van der Waals surface area contributed by atoms with Crippen LogP contribution in [0.15, 0.2) is 18.2 Å². The van der Waals surface area contributed by atoms with Crippen LogP contribution in [0, 0.1) is 16.2 Å². The summed E-state index contributed by atoms with van der Waals surface area (Å²) in [4.78, 5) is 25.4. The van der Waals surface area contributed by atoms with Gasteiger partial charge in [-0.05, 0) is 30.4 Å². The van der Waals surface area contributed by atoms with E-state index in [9.17, 15) is 9.59 Å². The lowest BCUT2D eigenvalue weighted by Gasteiger charge is -2.38. The monoisotopic (exact) mass is 339 g/mol. The Morgan fingerprint density at radius 2 is 1.86 bits per heavy atom. The molecule has 1 aromatic rings. The summed E-state index contributed by atoms with van der Waals surface area (Å²) in [5.74, 6) is 0.0623. The number of anilines is 1. The highest BCUT2D eigenvalue weighted by Gasteiger charge is 2.72. The maximum atomic E-state index is 13.0. The number of benzene rings is 1. The maximum absolute atomic E-state index is 13.0. The second-order valence-corrected chi connectivity index (χ2v) is 7.98. The van der Waals surface area contributed by atoms with Crippen molar-refractivity contribution in [2.24, 2.45) is 16.2 Å². The highest BCUT2D eigenvalue weighted by molar-refractivity contribution is 6.44. The van der Waals surface area contributed by atoms with Crippen molar-refractivity contribution < 1.29 is 9.59 Å². The van der Waals surface area contributed by atoms with Crippen molar-refractivity contribution in [2.75, 3.05) is 5.32 Å². The number of ketones is 1. The normalized spacial score (nSPS) is 32.3. The zero-order valence-corrected chi connectivity index (χ0v) is 14.4. The summed E-state index contributed by atoms with van der Waals surface area (Å²) in [6.45, 7) is 6.05. The zero-order valence-electron chi connectivity index (χ0n) is 12.9. The topological polar surface area (TPSA) is 46.2 Å². The minimum atomic E-state index is -0.662. The van der Waals surface area contributed by atoms with Gasteiger partial charge in [-0.1, -0.05) is 50.0 Å². The van der Waals surface area contributed by atoms with Crippen molar-refractivity contribution in [3.63, 3.8) is 0 Å². The molecule has 5 heteroatoms. The van der Waals surface area contributed by atoms with Gasteiger partial charge in [0, 0.05) is 11.8 Å². The Morgan fingerprint density at radius 1 is 1.18 bits per heavy atom. The fourth-order valence-corrected chi connectivity index (χ4v) is 4.55. The van der Waals surface area contributed by atoms with E-state index in [1.807, 2.05) is 20.8 Å². The summed E-state index contributed by atoms with van der Waals surface area (Å²) >= 11 is 12.2. The van der Waals surface area contributed by atoms with Gasteiger partial charge in [-0.3, -0.25) is 9.59 Å². The van der Waals surface area contributed by atoms with E-state index in [1.165, 1.54) is 0 Å². The standard InChI is InChI=1S/C17H19Cl2NO2/c1-15(2)16(3)7-8-17(15,9-12(16)21)14(22)20-11-6-4-5-10(18)13(11)19/h4-6H,7-9H2,1-3H3,(H,20,22)/t16-,17-/m1/s1. The Kier molecular flexibility index (Phi) is 3.39. The van der Waals surface area contributed by atoms with Crippen LogP contribution in [0.5, 0.6) is 0 Å². The fourth-order valence-electron chi connectivity index (χ4n) is 4.20. The lowest BCUT2D eigenvalue weighted by atomic mass is 9.64. The molecule has 0 unspecified atom stereocenters. The molecule has 2 fully saturated rings. The van der Waals surface area contributed by atoms with E-state index in [1.54, 1.807) is 18.2 Å². The molecule has 1 aromatic carbocycles. The Hall–Kier alpha value is -1.06. The van der Waals surface area contributed by atoms with Crippen molar-refractivity contribution in [2.45, 2.75) is 40.0 Å². The van der Waals surface area contributed by atoms with Gasteiger partial charge in [-0.2, -0.15) is 0 Å². The second-order valence-electron chi connectivity index (χ2n) is 7.19. The van der Waals surface area contributed by atoms with E-state index < -0.39 is 10.8 Å². The van der Waals surface area contributed by atoms with Gasteiger partial charge in [0.1, 0.15) is 5.78 Å². The van der Waals surface area contributed by atoms with Crippen LogP contribution < -0.4 is 5.32 Å². The van der Waals surface area contributed by atoms with E-state index in [2.05, 4.69) is 5.32 Å². The number of rotatable bonds is 2. The molecular weight excluding hydrogens is 321 g/mol. The van der Waals surface area contributed by atoms with Gasteiger partial charge >= 0.3 is 0 Å². The number of carbonyl (C=O) groups excluding carboxylic acids is 2. The van der Waals surface area contributed by atoms with E-state index in [-0.39, 0.29) is 17.1 Å². The van der Waals surface area contributed by atoms with Crippen LogP contribution in [-0.4, -0.2) is 11.7 Å². The van der Waals surface area contributed by atoms with Crippen LogP contribution in [0.2, 0.25) is 10.0 Å². The van der Waals surface area contributed by atoms with Crippen LogP contribution >= 0.6 is 23.2 Å². The second kappa shape index (κ2) is 4.72. The number of hydrogen-bond acceptors (Lipinski definition) is 2. The fraction of sp³-hybridized carbons (Fsp3) is 0.529. The summed E-state index contributed by atoms with van der Waals surface area (Å²) < 4.78 is 0. The van der Waals surface area contributed by atoms with Gasteiger partial charge in [0.05, 0.1) is 21.1 Å². The van der Waals surface area contributed by atoms with E-state index in [0.29, 0.717) is 22.2 Å². The maximum Gasteiger partial charge on any atom is 0.231 e. The molecule has 2 saturated carbocycles. The third kappa shape index (κ3) is 1.75. The first-order chi connectivity index (χ1) is 10.2. The van der Waals surface area contributed by atoms with Crippen molar-refractivity contribution in [3.8, 4) is 0 Å². The van der Waals surface area contributed by atoms with Gasteiger partial charge in [0.25, 0.3) is 0 Å². The molecule has 0 spiro atoms. The molecule has 0 aliphatic heterocycles. The van der Waals surface area contributed by atoms with E-state index >= 15 is 0 Å². The highest BCUT2D eigenvalue weighted by atomic mass is 35.5. The minimum absolute atomic E-state index is 0.128. The molecule has 2 atom stereocenters. The van der Waals surface area contributed by atoms with Crippen LogP contribution in [-0.2, 0) is 9.59 Å². The Balaban J connectivity index is 1.96. The molecule has 3 rings (SSSR count). The molecule has 0 saturated heterocycles. The third-order valence-corrected chi connectivity index (χ3v) is 7.16.